The molecule has 0 heterocycles. The van der Waals surface area contributed by atoms with Crippen LogP contribution in [0, 0.1) is 5.92 Å². The van der Waals surface area contributed by atoms with E-state index < -0.39 is 0 Å². The molecule has 0 radical (unpaired) electrons. The van der Waals surface area contributed by atoms with Gasteiger partial charge in [0.15, 0.2) is 5.96 Å². The smallest absolute Gasteiger partial charge is 0.191 e. The molecule has 0 spiro atoms. The molecule has 3 N–H and O–H groups in total. The van der Waals surface area contributed by atoms with Crippen molar-refractivity contribution in [2.24, 2.45) is 10.9 Å². The Balaban J connectivity index is 4.11. The molecule has 4 heteroatoms. The molecule has 15 heavy (non-hydrogen) atoms. The lowest BCUT2D eigenvalue weighted by Crippen LogP contribution is -2.42. The summed E-state index contributed by atoms with van der Waals surface area (Å²) in [5.41, 5.74) is 0. The first-order valence-corrected chi connectivity index (χ1v) is 5.79. The number of nitrogens with one attached hydrogen (secondary N) is 2. The van der Waals surface area contributed by atoms with Crippen LogP contribution in [0.1, 0.15) is 34.1 Å². The highest BCUT2D eigenvalue weighted by Crippen LogP contribution is 1.93. The lowest BCUT2D eigenvalue weighted by atomic mass is 10.2. The third-order valence-electron chi connectivity index (χ3n) is 2.21. The van der Waals surface area contributed by atoms with Crippen LogP contribution in [0.3, 0.4) is 0 Å². The first-order chi connectivity index (χ1) is 7.13. The molecule has 0 fully saturated rings. The standard InChI is InChI=1S/C11H25N3O/c1-5-10(4)14-11(12-6-2)13-7-9(3)8-15/h9-10,15H,5-8H2,1-4H3,(H2,12,13,14). The fourth-order valence-electron chi connectivity index (χ4n) is 0.960. The second-order valence-corrected chi connectivity index (χ2v) is 3.96. The number of guanidine groups is 1. The maximum absolute atomic E-state index is 8.90. The molecule has 90 valence electrons. The Hall–Kier alpha value is -0.770. The van der Waals surface area contributed by atoms with Gasteiger partial charge in [-0.05, 0) is 26.2 Å². The highest BCUT2D eigenvalue weighted by atomic mass is 16.3. The SMILES string of the molecule is CCNC(=NCC(C)CO)NC(C)CC. The van der Waals surface area contributed by atoms with Crippen molar-refractivity contribution in [3.63, 3.8) is 0 Å². The molecule has 0 aliphatic heterocycles. The highest BCUT2D eigenvalue weighted by Gasteiger charge is 2.03. The van der Waals surface area contributed by atoms with Gasteiger partial charge in [-0.2, -0.15) is 0 Å². The number of hydrogen-bond donors (Lipinski definition) is 3. The van der Waals surface area contributed by atoms with E-state index in [9.17, 15) is 0 Å². The molecule has 4 nitrogen and oxygen atoms in total. The van der Waals surface area contributed by atoms with Crippen molar-refractivity contribution in [2.75, 3.05) is 19.7 Å². The predicted molar refractivity (Wildman–Crippen MR) is 65.1 cm³/mol. The van der Waals surface area contributed by atoms with E-state index in [4.69, 9.17) is 5.11 Å². The molecule has 0 aromatic carbocycles. The summed E-state index contributed by atoms with van der Waals surface area (Å²) >= 11 is 0. The van der Waals surface area contributed by atoms with Crippen LogP contribution >= 0.6 is 0 Å². The first kappa shape index (κ1) is 14.2. The number of rotatable bonds is 6. The van der Waals surface area contributed by atoms with Crippen LogP contribution in [0.25, 0.3) is 0 Å². The summed E-state index contributed by atoms with van der Waals surface area (Å²) in [4.78, 5) is 4.41. The summed E-state index contributed by atoms with van der Waals surface area (Å²) in [6.45, 7) is 9.99. The largest absolute Gasteiger partial charge is 0.396 e. The topological polar surface area (TPSA) is 56.7 Å². The third-order valence-corrected chi connectivity index (χ3v) is 2.21. The second kappa shape index (κ2) is 8.53. The summed E-state index contributed by atoms with van der Waals surface area (Å²) in [6.07, 6.45) is 1.07. The number of nitrogens with zero attached hydrogens (tertiary/aromatic N) is 1. The van der Waals surface area contributed by atoms with Crippen LogP contribution in [0.15, 0.2) is 4.99 Å². The molecular weight excluding hydrogens is 190 g/mol. The van der Waals surface area contributed by atoms with Gasteiger partial charge < -0.3 is 15.7 Å². The van der Waals surface area contributed by atoms with Gasteiger partial charge in [0.2, 0.25) is 0 Å². The molecule has 0 saturated carbocycles. The van der Waals surface area contributed by atoms with Gasteiger partial charge in [0.25, 0.3) is 0 Å². The first-order valence-electron chi connectivity index (χ1n) is 5.79. The second-order valence-electron chi connectivity index (χ2n) is 3.96. The predicted octanol–water partition coefficient (Wildman–Crippen LogP) is 0.968. The van der Waals surface area contributed by atoms with Gasteiger partial charge in [0, 0.05) is 25.7 Å². The highest BCUT2D eigenvalue weighted by molar-refractivity contribution is 5.80. The van der Waals surface area contributed by atoms with Crippen molar-refractivity contribution in [2.45, 2.75) is 40.2 Å². The Bertz CT molecular complexity index is 183. The van der Waals surface area contributed by atoms with Crippen LogP contribution in [-0.4, -0.2) is 36.8 Å². The lowest BCUT2D eigenvalue weighted by Gasteiger charge is -2.16. The lowest BCUT2D eigenvalue weighted by molar-refractivity contribution is 0.241. The Morgan fingerprint density at radius 2 is 2.00 bits per heavy atom. The molecule has 0 rings (SSSR count). The molecule has 0 saturated heterocycles. The molecule has 0 aliphatic carbocycles. The third kappa shape index (κ3) is 7.19. The quantitative estimate of drug-likeness (QED) is 0.457. The van der Waals surface area contributed by atoms with E-state index in [1.807, 2.05) is 13.8 Å². The molecular formula is C11H25N3O. The van der Waals surface area contributed by atoms with E-state index in [2.05, 4.69) is 29.5 Å². The van der Waals surface area contributed by atoms with E-state index in [1.165, 1.54) is 0 Å². The van der Waals surface area contributed by atoms with E-state index in [0.717, 1.165) is 18.9 Å². The van der Waals surface area contributed by atoms with E-state index >= 15 is 0 Å². The van der Waals surface area contributed by atoms with Crippen LogP contribution in [-0.2, 0) is 0 Å². The van der Waals surface area contributed by atoms with Gasteiger partial charge in [-0.1, -0.05) is 13.8 Å². The molecule has 0 aromatic heterocycles. The molecule has 0 bridgehead atoms. The van der Waals surface area contributed by atoms with Crippen molar-refractivity contribution in [1.82, 2.24) is 10.6 Å². The Morgan fingerprint density at radius 1 is 1.33 bits per heavy atom. The number of aliphatic hydroxyl groups is 1. The summed E-state index contributed by atoms with van der Waals surface area (Å²) in [7, 11) is 0. The summed E-state index contributed by atoms with van der Waals surface area (Å²) in [5.74, 6) is 1.06. The zero-order chi connectivity index (χ0) is 11.7. The average Bonchev–Trinajstić information content (AvgIpc) is 2.25. The summed E-state index contributed by atoms with van der Waals surface area (Å²) in [5, 5.41) is 15.4. The van der Waals surface area contributed by atoms with Crippen LogP contribution in [0.4, 0.5) is 0 Å². The van der Waals surface area contributed by atoms with E-state index in [0.29, 0.717) is 12.6 Å². The Kier molecular flexibility index (Phi) is 8.09. The van der Waals surface area contributed by atoms with Gasteiger partial charge in [0.1, 0.15) is 0 Å². The van der Waals surface area contributed by atoms with Crippen molar-refractivity contribution in [3.05, 3.63) is 0 Å². The Morgan fingerprint density at radius 3 is 2.47 bits per heavy atom. The van der Waals surface area contributed by atoms with E-state index in [-0.39, 0.29) is 12.5 Å². The number of aliphatic hydroxyl groups excluding tert-OH is 1. The zero-order valence-corrected chi connectivity index (χ0v) is 10.4. The fraction of sp³-hybridized carbons (Fsp3) is 0.909. The van der Waals surface area contributed by atoms with Crippen LogP contribution in [0.2, 0.25) is 0 Å². The van der Waals surface area contributed by atoms with Gasteiger partial charge in [-0.15, -0.1) is 0 Å². The van der Waals surface area contributed by atoms with Crippen molar-refractivity contribution >= 4 is 5.96 Å². The van der Waals surface area contributed by atoms with E-state index in [1.54, 1.807) is 0 Å². The minimum Gasteiger partial charge on any atom is -0.396 e. The zero-order valence-electron chi connectivity index (χ0n) is 10.4. The van der Waals surface area contributed by atoms with Gasteiger partial charge in [-0.3, -0.25) is 4.99 Å². The molecule has 0 aliphatic rings. The fourth-order valence-corrected chi connectivity index (χ4v) is 0.960. The van der Waals surface area contributed by atoms with Gasteiger partial charge in [-0.25, -0.2) is 0 Å². The summed E-state index contributed by atoms with van der Waals surface area (Å²) in [6, 6.07) is 0.423. The van der Waals surface area contributed by atoms with Crippen molar-refractivity contribution in [1.29, 1.82) is 0 Å². The van der Waals surface area contributed by atoms with Crippen LogP contribution in [0.5, 0.6) is 0 Å². The normalized spacial score (nSPS) is 15.9. The summed E-state index contributed by atoms with van der Waals surface area (Å²) < 4.78 is 0. The molecule has 2 unspecified atom stereocenters. The van der Waals surface area contributed by atoms with Crippen LogP contribution < -0.4 is 10.6 Å². The van der Waals surface area contributed by atoms with Gasteiger partial charge in [0.05, 0.1) is 0 Å². The Labute approximate surface area is 93.2 Å². The van der Waals surface area contributed by atoms with Crippen molar-refractivity contribution < 1.29 is 5.11 Å². The maximum atomic E-state index is 8.90. The molecule has 2 atom stereocenters. The number of aliphatic imine (C=N–C) groups is 1. The van der Waals surface area contributed by atoms with Crippen molar-refractivity contribution in [3.8, 4) is 0 Å². The minimum atomic E-state index is 0.187. The average molecular weight is 215 g/mol. The molecule has 0 aromatic rings. The molecule has 0 amide bonds. The number of hydrogen-bond acceptors (Lipinski definition) is 2. The monoisotopic (exact) mass is 215 g/mol. The maximum Gasteiger partial charge on any atom is 0.191 e. The minimum absolute atomic E-state index is 0.187. The van der Waals surface area contributed by atoms with Gasteiger partial charge >= 0.3 is 0 Å².